The van der Waals surface area contributed by atoms with E-state index in [-0.39, 0.29) is 11.7 Å². The molecule has 1 aliphatic rings. The monoisotopic (exact) mass is 364 g/mol. The topological polar surface area (TPSA) is 41.1 Å². The van der Waals surface area contributed by atoms with Crippen molar-refractivity contribution in [2.24, 2.45) is 0 Å². The first-order valence-electron chi connectivity index (χ1n) is 8.05. The zero-order valence-corrected chi connectivity index (χ0v) is 14.3. The van der Waals surface area contributed by atoms with Gasteiger partial charge in [0.05, 0.1) is 17.0 Å². The van der Waals surface area contributed by atoms with Crippen LogP contribution in [-0.2, 0) is 4.79 Å². The van der Waals surface area contributed by atoms with Gasteiger partial charge in [0.2, 0.25) is 0 Å². The molecule has 5 heteroatoms. The van der Waals surface area contributed by atoms with Crippen LogP contribution >= 0.6 is 11.6 Å². The molecular formula is C21H14ClFN2O. The first-order valence-corrected chi connectivity index (χ1v) is 8.43. The second-order valence-corrected chi connectivity index (χ2v) is 6.33. The summed E-state index contributed by atoms with van der Waals surface area (Å²) in [6, 6.07) is 20.9. The molecule has 0 fully saturated rings. The summed E-state index contributed by atoms with van der Waals surface area (Å²) in [6.45, 7) is 0. The number of nitrogens with one attached hydrogen (secondary N) is 2. The van der Waals surface area contributed by atoms with E-state index in [4.69, 9.17) is 11.6 Å². The van der Waals surface area contributed by atoms with Crippen LogP contribution in [0.1, 0.15) is 11.1 Å². The molecule has 128 valence electrons. The summed E-state index contributed by atoms with van der Waals surface area (Å²) >= 11 is 6.04. The molecule has 3 aromatic rings. The fraction of sp³-hybridized carbons (Fsp3) is 0. The Morgan fingerprint density at radius 2 is 1.69 bits per heavy atom. The van der Waals surface area contributed by atoms with Crippen LogP contribution in [0, 0.1) is 5.82 Å². The fourth-order valence-corrected chi connectivity index (χ4v) is 3.13. The van der Waals surface area contributed by atoms with E-state index in [0.29, 0.717) is 27.7 Å². The molecule has 0 aromatic heterocycles. The van der Waals surface area contributed by atoms with Crippen molar-refractivity contribution in [3.8, 4) is 0 Å². The summed E-state index contributed by atoms with van der Waals surface area (Å²) in [5, 5.41) is 6.68. The van der Waals surface area contributed by atoms with Gasteiger partial charge < -0.3 is 10.6 Å². The van der Waals surface area contributed by atoms with Gasteiger partial charge in [0.25, 0.3) is 5.91 Å². The summed E-state index contributed by atoms with van der Waals surface area (Å²) in [5.41, 5.74) is 4.15. The molecule has 2 N–H and O–H groups in total. The molecule has 26 heavy (non-hydrogen) atoms. The van der Waals surface area contributed by atoms with Crippen molar-refractivity contribution in [2.75, 3.05) is 10.6 Å². The smallest absolute Gasteiger partial charge is 0.258 e. The van der Waals surface area contributed by atoms with Gasteiger partial charge in [0.15, 0.2) is 0 Å². The lowest BCUT2D eigenvalue weighted by Crippen LogP contribution is -2.10. The van der Waals surface area contributed by atoms with Crippen molar-refractivity contribution in [3.05, 3.63) is 94.8 Å². The van der Waals surface area contributed by atoms with Crippen LogP contribution in [-0.4, -0.2) is 5.91 Å². The van der Waals surface area contributed by atoms with Crippen LogP contribution < -0.4 is 10.6 Å². The lowest BCUT2D eigenvalue weighted by Gasteiger charge is -2.14. The van der Waals surface area contributed by atoms with Gasteiger partial charge in [0, 0.05) is 16.3 Å². The van der Waals surface area contributed by atoms with Crippen LogP contribution in [0.2, 0.25) is 5.02 Å². The van der Waals surface area contributed by atoms with Gasteiger partial charge in [0.1, 0.15) is 5.82 Å². The number of rotatable bonds is 3. The van der Waals surface area contributed by atoms with E-state index in [1.807, 2.05) is 36.4 Å². The average molecular weight is 365 g/mol. The Labute approximate surface area is 155 Å². The van der Waals surface area contributed by atoms with Gasteiger partial charge >= 0.3 is 0 Å². The fourth-order valence-electron chi connectivity index (χ4n) is 2.95. The highest BCUT2D eigenvalue weighted by molar-refractivity contribution is 6.38. The average Bonchev–Trinajstić information content (AvgIpc) is 2.97. The number of carbonyl (C=O) groups excluding carboxylic acids is 1. The highest BCUT2D eigenvalue weighted by Crippen LogP contribution is 2.38. The third kappa shape index (κ3) is 3.07. The van der Waals surface area contributed by atoms with E-state index >= 15 is 0 Å². The molecule has 3 aromatic carbocycles. The quantitative estimate of drug-likeness (QED) is 0.610. The van der Waals surface area contributed by atoms with E-state index in [0.717, 1.165) is 11.1 Å². The number of amides is 1. The lowest BCUT2D eigenvalue weighted by molar-refractivity contribution is -0.110. The number of anilines is 2. The number of fused-ring (bicyclic) bond motifs is 1. The molecule has 1 heterocycles. The van der Waals surface area contributed by atoms with E-state index < -0.39 is 0 Å². The van der Waals surface area contributed by atoms with Crippen LogP contribution in [0.25, 0.3) is 11.3 Å². The third-order valence-electron chi connectivity index (χ3n) is 4.15. The SMILES string of the molecule is O=C1Nc2cc(Cl)ccc2/C1=C(/Nc1ccc(F)cc1)c1ccccc1. The number of carbonyl (C=O) groups is 1. The summed E-state index contributed by atoms with van der Waals surface area (Å²) < 4.78 is 13.2. The zero-order chi connectivity index (χ0) is 18.1. The van der Waals surface area contributed by atoms with Gasteiger partial charge in [-0.2, -0.15) is 0 Å². The maximum absolute atomic E-state index is 13.2. The molecule has 0 aliphatic carbocycles. The van der Waals surface area contributed by atoms with Crippen LogP contribution in [0.3, 0.4) is 0 Å². The summed E-state index contributed by atoms with van der Waals surface area (Å²) in [7, 11) is 0. The van der Waals surface area contributed by atoms with Gasteiger partial charge in [-0.15, -0.1) is 0 Å². The van der Waals surface area contributed by atoms with Crippen LogP contribution in [0.4, 0.5) is 15.8 Å². The Morgan fingerprint density at radius 1 is 0.962 bits per heavy atom. The van der Waals surface area contributed by atoms with Gasteiger partial charge in [-0.3, -0.25) is 4.79 Å². The molecule has 1 aliphatic heterocycles. The highest BCUT2D eigenvalue weighted by atomic mass is 35.5. The van der Waals surface area contributed by atoms with E-state index in [9.17, 15) is 9.18 Å². The van der Waals surface area contributed by atoms with E-state index in [1.54, 1.807) is 24.3 Å². The Kier molecular flexibility index (Phi) is 4.19. The molecule has 1 amide bonds. The minimum Gasteiger partial charge on any atom is -0.354 e. The van der Waals surface area contributed by atoms with Crippen molar-refractivity contribution in [2.45, 2.75) is 0 Å². The Hall–Kier alpha value is -3.11. The molecule has 0 bridgehead atoms. The first-order chi connectivity index (χ1) is 12.6. The summed E-state index contributed by atoms with van der Waals surface area (Å²) in [6.07, 6.45) is 0. The summed E-state index contributed by atoms with van der Waals surface area (Å²) in [4.78, 5) is 12.7. The van der Waals surface area contributed by atoms with Gasteiger partial charge in [-0.25, -0.2) is 4.39 Å². The Morgan fingerprint density at radius 3 is 2.42 bits per heavy atom. The maximum Gasteiger partial charge on any atom is 0.258 e. The molecule has 0 unspecified atom stereocenters. The van der Waals surface area contributed by atoms with Crippen molar-refractivity contribution >= 4 is 40.2 Å². The molecule has 0 atom stereocenters. The molecular weight excluding hydrogens is 351 g/mol. The van der Waals surface area contributed by atoms with Crippen molar-refractivity contribution in [1.82, 2.24) is 0 Å². The van der Waals surface area contributed by atoms with Crippen molar-refractivity contribution < 1.29 is 9.18 Å². The van der Waals surface area contributed by atoms with Crippen LogP contribution in [0.15, 0.2) is 72.8 Å². The lowest BCUT2D eigenvalue weighted by atomic mass is 10.00. The number of hydrogen-bond acceptors (Lipinski definition) is 2. The van der Waals surface area contributed by atoms with Gasteiger partial charge in [-0.1, -0.05) is 48.0 Å². The molecule has 0 radical (unpaired) electrons. The molecule has 0 spiro atoms. The standard InChI is InChI=1S/C21H14ClFN2O/c22-14-6-11-17-18(12-14)25-21(26)19(17)20(13-4-2-1-3-5-13)24-16-9-7-15(23)8-10-16/h1-12,24H,(H,25,26)/b20-19-. The second-order valence-electron chi connectivity index (χ2n) is 5.89. The molecule has 0 saturated carbocycles. The third-order valence-corrected chi connectivity index (χ3v) is 4.39. The number of benzene rings is 3. The molecule has 0 saturated heterocycles. The predicted octanol–water partition coefficient (Wildman–Crippen LogP) is 5.41. The largest absolute Gasteiger partial charge is 0.354 e. The van der Waals surface area contributed by atoms with Crippen molar-refractivity contribution in [3.63, 3.8) is 0 Å². The van der Waals surface area contributed by atoms with E-state index in [1.165, 1.54) is 12.1 Å². The minimum atomic E-state index is -0.317. The summed E-state index contributed by atoms with van der Waals surface area (Å²) in [5.74, 6) is -0.529. The van der Waals surface area contributed by atoms with E-state index in [2.05, 4.69) is 10.6 Å². The first kappa shape index (κ1) is 16.4. The van der Waals surface area contributed by atoms with Gasteiger partial charge in [-0.05, 0) is 42.0 Å². The minimum absolute atomic E-state index is 0.212. The second kappa shape index (κ2) is 6.65. The van der Waals surface area contributed by atoms with Crippen LogP contribution in [0.5, 0.6) is 0 Å². The maximum atomic E-state index is 13.2. The normalized spacial score (nSPS) is 14.6. The Balaban J connectivity index is 1.89. The number of halogens is 2. The van der Waals surface area contributed by atoms with Crippen molar-refractivity contribution in [1.29, 1.82) is 0 Å². The number of hydrogen-bond donors (Lipinski definition) is 2. The highest BCUT2D eigenvalue weighted by Gasteiger charge is 2.28. The zero-order valence-electron chi connectivity index (χ0n) is 13.6. The predicted molar refractivity (Wildman–Crippen MR) is 103 cm³/mol. The molecule has 4 rings (SSSR count). The molecule has 3 nitrogen and oxygen atoms in total. The Bertz CT molecular complexity index is 1010.